The molecule has 2 atom stereocenters. The molecule has 0 heterocycles. The van der Waals surface area contributed by atoms with Gasteiger partial charge in [0.05, 0.1) is 17.4 Å². The standard InChI is InChI=1S/C18H26N2OS/c1-18(2,3)15-11-9-14(10-12-15)17(13-19)20-22(21)16-7-5-4-6-8-16/h4-8,14-15,17,20H,9-12H2,1-3H3/t14?,15?,17-,22?/m1/s1. The number of rotatable bonds is 4. The van der Waals surface area contributed by atoms with Crippen molar-refractivity contribution in [3.63, 3.8) is 0 Å². The number of hydrogen-bond donors (Lipinski definition) is 1. The lowest BCUT2D eigenvalue weighted by atomic mass is 9.69. The molecule has 1 fully saturated rings. The van der Waals surface area contributed by atoms with Gasteiger partial charge in [-0.05, 0) is 55.1 Å². The summed E-state index contributed by atoms with van der Waals surface area (Å²) in [5.74, 6) is 1.03. The van der Waals surface area contributed by atoms with Gasteiger partial charge in [0.1, 0.15) is 6.04 Å². The third-order valence-corrected chi connectivity index (χ3v) is 5.97. The van der Waals surface area contributed by atoms with E-state index in [-0.39, 0.29) is 6.04 Å². The van der Waals surface area contributed by atoms with Gasteiger partial charge in [0, 0.05) is 0 Å². The van der Waals surface area contributed by atoms with Crippen molar-refractivity contribution in [3.05, 3.63) is 30.3 Å². The first-order valence-electron chi connectivity index (χ1n) is 8.04. The summed E-state index contributed by atoms with van der Waals surface area (Å²) in [6.45, 7) is 6.88. The van der Waals surface area contributed by atoms with Crippen LogP contribution in [0.5, 0.6) is 0 Å². The number of nitrogens with one attached hydrogen (secondary N) is 1. The fourth-order valence-corrected chi connectivity index (χ4v) is 4.29. The summed E-state index contributed by atoms with van der Waals surface area (Å²) in [5, 5.41) is 9.45. The van der Waals surface area contributed by atoms with Crippen LogP contribution in [0.1, 0.15) is 46.5 Å². The van der Waals surface area contributed by atoms with Gasteiger partial charge >= 0.3 is 0 Å². The summed E-state index contributed by atoms with van der Waals surface area (Å²) < 4.78 is 15.3. The van der Waals surface area contributed by atoms with Crippen molar-refractivity contribution in [2.75, 3.05) is 0 Å². The van der Waals surface area contributed by atoms with Crippen LogP contribution in [0.3, 0.4) is 0 Å². The summed E-state index contributed by atoms with van der Waals surface area (Å²) in [5.41, 5.74) is 0.341. The molecule has 0 amide bonds. The molecule has 120 valence electrons. The van der Waals surface area contributed by atoms with Crippen LogP contribution in [0.15, 0.2) is 35.2 Å². The van der Waals surface area contributed by atoms with Crippen molar-refractivity contribution >= 4 is 11.4 Å². The van der Waals surface area contributed by atoms with Crippen LogP contribution in [-0.2, 0) is 11.4 Å². The summed E-state index contributed by atoms with van der Waals surface area (Å²) in [7, 11) is 0. The average molecular weight is 318 g/mol. The molecule has 0 spiro atoms. The Morgan fingerprint density at radius 2 is 1.77 bits per heavy atom. The van der Waals surface area contributed by atoms with E-state index in [1.54, 1.807) is 0 Å². The van der Waals surface area contributed by atoms with Crippen LogP contribution < -0.4 is 4.72 Å². The minimum atomic E-state index is -1.31. The van der Waals surface area contributed by atoms with Gasteiger partial charge in [-0.15, -0.1) is 4.72 Å². The third-order valence-electron chi connectivity index (χ3n) is 4.80. The van der Waals surface area contributed by atoms with Crippen molar-refractivity contribution in [3.8, 4) is 6.07 Å². The average Bonchev–Trinajstić information content (AvgIpc) is 2.52. The lowest BCUT2D eigenvalue weighted by molar-refractivity contribution is 0.144. The zero-order chi connectivity index (χ0) is 16.2. The quantitative estimate of drug-likeness (QED) is 0.852. The molecule has 0 aliphatic heterocycles. The second kappa shape index (κ2) is 7.50. The maximum absolute atomic E-state index is 12.3. The Morgan fingerprint density at radius 1 is 1.18 bits per heavy atom. The normalized spacial score (nSPS) is 25.2. The van der Waals surface area contributed by atoms with Crippen molar-refractivity contribution in [1.82, 2.24) is 4.72 Å². The minimum Gasteiger partial charge on any atom is -0.593 e. The summed E-state index contributed by atoms with van der Waals surface area (Å²) >= 11 is -1.31. The second-order valence-corrected chi connectivity index (χ2v) is 8.53. The molecule has 4 heteroatoms. The van der Waals surface area contributed by atoms with Crippen LogP contribution in [0.4, 0.5) is 0 Å². The van der Waals surface area contributed by atoms with Crippen molar-refractivity contribution < 1.29 is 4.55 Å². The fourth-order valence-electron chi connectivity index (χ4n) is 3.27. The highest BCUT2D eigenvalue weighted by Crippen LogP contribution is 2.40. The maximum Gasteiger partial charge on any atom is 0.173 e. The van der Waals surface area contributed by atoms with Crippen LogP contribution in [0, 0.1) is 28.6 Å². The van der Waals surface area contributed by atoms with Gasteiger partial charge in [-0.1, -0.05) is 39.0 Å². The first-order chi connectivity index (χ1) is 10.4. The summed E-state index contributed by atoms with van der Waals surface area (Å²) in [4.78, 5) is 0.728. The first kappa shape index (κ1) is 17.3. The van der Waals surface area contributed by atoms with Gasteiger partial charge < -0.3 is 4.55 Å². The van der Waals surface area contributed by atoms with Crippen LogP contribution >= 0.6 is 0 Å². The predicted molar refractivity (Wildman–Crippen MR) is 90.3 cm³/mol. The molecule has 1 aromatic carbocycles. The van der Waals surface area contributed by atoms with Crippen molar-refractivity contribution in [1.29, 1.82) is 5.26 Å². The Balaban J connectivity index is 1.92. The van der Waals surface area contributed by atoms with E-state index in [0.717, 1.165) is 36.5 Å². The molecule has 3 nitrogen and oxygen atoms in total. The van der Waals surface area contributed by atoms with E-state index in [9.17, 15) is 9.81 Å². The Hall–Kier alpha value is -1.02. The fraction of sp³-hybridized carbons (Fsp3) is 0.611. The highest BCUT2D eigenvalue weighted by molar-refractivity contribution is 7.89. The molecule has 2 rings (SSSR count). The molecular weight excluding hydrogens is 292 g/mol. The smallest absolute Gasteiger partial charge is 0.173 e. The largest absolute Gasteiger partial charge is 0.593 e. The molecular formula is C18H26N2OS. The van der Waals surface area contributed by atoms with Gasteiger partial charge in [-0.2, -0.15) is 5.26 Å². The van der Waals surface area contributed by atoms with E-state index in [1.165, 1.54) is 0 Å². The monoisotopic (exact) mass is 318 g/mol. The Kier molecular flexibility index (Phi) is 5.91. The minimum absolute atomic E-state index is 0.302. The van der Waals surface area contributed by atoms with Gasteiger partial charge in [0.15, 0.2) is 4.90 Å². The molecule has 1 aliphatic rings. The van der Waals surface area contributed by atoms with Crippen molar-refractivity contribution in [2.45, 2.75) is 57.4 Å². The first-order valence-corrected chi connectivity index (χ1v) is 9.19. The van der Waals surface area contributed by atoms with E-state index in [4.69, 9.17) is 0 Å². The summed E-state index contributed by atoms with van der Waals surface area (Å²) in [6.07, 6.45) is 4.40. The van der Waals surface area contributed by atoms with E-state index in [1.807, 2.05) is 30.3 Å². The molecule has 1 aliphatic carbocycles. The molecule has 0 bridgehead atoms. The third kappa shape index (κ3) is 4.49. The molecule has 0 aromatic heterocycles. The number of benzene rings is 1. The molecule has 1 aromatic rings. The Morgan fingerprint density at radius 3 is 2.27 bits per heavy atom. The maximum atomic E-state index is 12.3. The van der Waals surface area contributed by atoms with Crippen LogP contribution in [-0.4, -0.2) is 10.6 Å². The zero-order valence-corrected chi connectivity index (χ0v) is 14.5. The lowest BCUT2D eigenvalue weighted by Crippen LogP contribution is -2.41. The SMILES string of the molecule is CC(C)(C)C1CCC([C@@H](C#N)N[S+]([O-])c2ccccc2)CC1. The number of nitriles is 1. The highest BCUT2D eigenvalue weighted by Gasteiger charge is 2.34. The van der Waals surface area contributed by atoms with Crippen LogP contribution in [0.2, 0.25) is 0 Å². The predicted octanol–water partition coefficient (Wildman–Crippen LogP) is 4.04. The zero-order valence-electron chi connectivity index (χ0n) is 13.7. The van der Waals surface area contributed by atoms with Gasteiger partial charge in [-0.25, -0.2) is 0 Å². The second-order valence-electron chi connectivity index (χ2n) is 7.28. The number of nitrogens with zero attached hydrogens (tertiary/aromatic N) is 1. The van der Waals surface area contributed by atoms with Gasteiger partial charge in [0.25, 0.3) is 0 Å². The highest BCUT2D eigenvalue weighted by atomic mass is 32.2. The van der Waals surface area contributed by atoms with E-state index < -0.39 is 11.4 Å². The number of hydrogen-bond acceptors (Lipinski definition) is 3. The Bertz CT molecular complexity index is 498. The van der Waals surface area contributed by atoms with E-state index >= 15 is 0 Å². The lowest BCUT2D eigenvalue weighted by Gasteiger charge is -2.38. The van der Waals surface area contributed by atoms with E-state index in [2.05, 4.69) is 31.6 Å². The molecule has 1 unspecified atom stereocenters. The van der Waals surface area contributed by atoms with Gasteiger partial charge in [-0.3, -0.25) is 0 Å². The summed E-state index contributed by atoms with van der Waals surface area (Å²) in [6, 6.07) is 11.3. The Labute approximate surface area is 137 Å². The van der Waals surface area contributed by atoms with E-state index in [0.29, 0.717) is 11.3 Å². The molecule has 0 radical (unpaired) electrons. The molecule has 22 heavy (non-hydrogen) atoms. The van der Waals surface area contributed by atoms with Crippen LogP contribution in [0.25, 0.3) is 0 Å². The topological polar surface area (TPSA) is 58.9 Å². The van der Waals surface area contributed by atoms with Gasteiger partial charge in [0.2, 0.25) is 0 Å². The van der Waals surface area contributed by atoms with Crippen molar-refractivity contribution in [2.24, 2.45) is 17.3 Å². The molecule has 1 saturated carbocycles. The molecule has 1 N–H and O–H groups in total. The molecule has 0 saturated heterocycles.